The van der Waals surface area contributed by atoms with Crippen molar-refractivity contribution in [1.29, 1.82) is 0 Å². The van der Waals surface area contributed by atoms with Gasteiger partial charge in [0.05, 0.1) is 17.9 Å². The van der Waals surface area contributed by atoms with Crippen LogP contribution >= 0.6 is 0 Å². The Morgan fingerprint density at radius 2 is 2.00 bits per heavy atom. The van der Waals surface area contributed by atoms with Gasteiger partial charge in [0.25, 0.3) is 0 Å². The molecule has 2 rings (SSSR count). The number of nitrogens with zero attached hydrogens (tertiary/aromatic N) is 4. The third-order valence-corrected chi connectivity index (χ3v) is 3.58. The Morgan fingerprint density at radius 1 is 1.33 bits per heavy atom. The zero-order valence-corrected chi connectivity index (χ0v) is 12.6. The molecule has 1 amide bonds. The molecule has 6 heteroatoms. The van der Waals surface area contributed by atoms with Gasteiger partial charge in [-0.3, -0.25) is 4.79 Å². The lowest BCUT2D eigenvalue weighted by atomic mass is 10.1. The zero-order valence-electron chi connectivity index (χ0n) is 12.6. The second-order valence-corrected chi connectivity index (χ2v) is 5.22. The summed E-state index contributed by atoms with van der Waals surface area (Å²) in [7, 11) is 1.80. The molecule has 0 aliphatic heterocycles. The Labute approximate surface area is 124 Å². The van der Waals surface area contributed by atoms with Gasteiger partial charge in [-0.15, -0.1) is 5.10 Å². The van der Waals surface area contributed by atoms with Crippen LogP contribution in [0.3, 0.4) is 0 Å². The minimum atomic E-state index is -0.185. The first kappa shape index (κ1) is 15.2. The van der Waals surface area contributed by atoms with E-state index in [-0.39, 0.29) is 24.5 Å². The molecule has 2 unspecified atom stereocenters. The first-order valence-electron chi connectivity index (χ1n) is 6.95. The first-order valence-corrected chi connectivity index (χ1v) is 6.95. The van der Waals surface area contributed by atoms with E-state index in [9.17, 15) is 4.79 Å². The van der Waals surface area contributed by atoms with Gasteiger partial charge in [-0.1, -0.05) is 35.5 Å². The maximum atomic E-state index is 12.3. The fourth-order valence-corrected chi connectivity index (χ4v) is 2.02. The van der Waals surface area contributed by atoms with Gasteiger partial charge in [-0.25, -0.2) is 4.68 Å². The molecule has 0 radical (unpaired) electrons. The molecule has 2 aromatic rings. The van der Waals surface area contributed by atoms with Crippen LogP contribution in [0.15, 0.2) is 36.5 Å². The number of likely N-dealkylation sites (N-methyl/N-ethyl adjacent to an activating group) is 1. The molecule has 21 heavy (non-hydrogen) atoms. The lowest BCUT2D eigenvalue weighted by Crippen LogP contribution is -2.32. The number of benzene rings is 1. The van der Waals surface area contributed by atoms with Gasteiger partial charge in [0.2, 0.25) is 5.91 Å². The maximum Gasteiger partial charge on any atom is 0.244 e. The molecule has 2 N–H and O–H groups in total. The SMILES string of the molecule is CC(N)c1cn(CC(=O)N(C)C(C)c2ccccc2)nn1. The van der Waals surface area contributed by atoms with E-state index >= 15 is 0 Å². The lowest BCUT2D eigenvalue weighted by Gasteiger charge is -2.25. The number of carbonyl (C=O) groups is 1. The summed E-state index contributed by atoms with van der Waals surface area (Å²) in [6.07, 6.45) is 1.71. The highest BCUT2D eigenvalue weighted by atomic mass is 16.2. The van der Waals surface area contributed by atoms with E-state index < -0.39 is 0 Å². The van der Waals surface area contributed by atoms with Gasteiger partial charge >= 0.3 is 0 Å². The summed E-state index contributed by atoms with van der Waals surface area (Å²) in [5, 5.41) is 7.88. The van der Waals surface area contributed by atoms with Gasteiger partial charge in [0.15, 0.2) is 0 Å². The van der Waals surface area contributed by atoms with E-state index in [1.807, 2.05) is 44.2 Å². The van der Waals surface area contributed by atoms with E-state index in [0.29, 0.717) is 5.69 Å². The predicted octanol–water partition coefficient (Wildman–Crippen LogP) is 1.52. The van der Waals surface area contributed by atoms with Crippen molar-refractivity contribution in [2.45, 2.75) is 32.5 Å². The van der Waals surface area contributed by atoms with E-state index in [0.717, 1.165) is 5.56 Å². The summed E-state index contributed by atoms with van der Waals surface area (Å²) in [6.45, 7) is 4.00. The van der Waals surface area contributed by atoms with Crippen LogP contribution in [0.2, 0.25) is 0 Å². The van der Waals surface area contributed by atoms with Crippen LogP contribution in [0.5, 0.6) is 0 Å². The highest BCUT2D eigenvalue weighted by Crippen LogP contribution is 2.18. The number of hydrogen-bond donors (Lipinski definition) is 1. The largest absolute Gasteiger partial charge is 0.337 e. The summed E-state index contributed by atoms with van der Waals surface area (Å²) in [5.74, 6) is -0.0209. The van der Waals surface area contributed by atoms with E-state index in [1.165, 1.54) is 4.68 Å². The van der Waals surface area contributed by atoms with E-state index in [1.54, 1.807) is 18.1 Å². The number of rotatable bonds is 5. The first-order chi connectivity index (χ1) is 9.99. The number of aromatic nitrogens is 3. The second-order valence-electron chi connectivity index (χ2n) is 5.22. The Bertz CT molecular complexity index is 593. The predicted molar refractivity (Wildman–Crippen MR) is 80.3 cm³/mol. The molecular weight excluding hydrogens is 266 g/mol. The molecule has 1 aromatic carbocycles. The quantitative estimate of drug-likeness (QED) is 0.904. The molecule has 1 heterocycles. The van der Waals surface area contributed by atoms with Crippen LogP contribution in [0, 0.1) is 0 Å². The van der Waals surface area contributed by atoms with Crippen molar-refractivity contribution in [3.8, 4) is 0 Å². The fraction of sp³-hybridized carbons (Fsp3) is 0.400. The average molecular weight is 287 g/mol. The summed E-state index contributed by atoms with van der Waals surface area (Å²) >= 11 is 0. The van der Waals surface area contributed by atoms with Gasteiger partial charge < -0.3 is 10.6 Å². The molecule has 1 aromatic heterocycles. The van der Waals surface area contributed by atoms with Crippen molar-refractivity contribution in [2.24, 2.45) is 5.73 Å². The molecule has 6 nitrogen and oxygen atoms in total. The topological polar surface area (TPSA) is 77.0 Å². The highest BCUT2D eigenvalue weighted by Gasteiger charge is 2.18. The number of amides is 1. The standard InChI is InChI=1S/C15H21N5O/c1-11(16)14-9-20(18-17-14)10-15(21)19(3)12(2)13-7-5-4-6-8-13/h4-9,11-12H,10,16H2,1-3H3. The molecule has 0 aliphatic carbocycles. The van der Waals surface area contributed by atoms with Crippen LogP contribution in [0.25, 0.3) is 0 Å². The second kappa shape index (κ2) is 6.49. The molecule has 0 fully saturated rings. The molecule has 0 bridgehead atoms. The molecule has 0 saturated heterocycles. The van der Waals surface area contributed by atoms with Crippen LogP contribution in [-0.4, -0.2) is 32.8 Å². The molecule has 2 atom stereocenters. The van der Waals surface area contributed by atoms with E-state index in [4.69, 9.17) is 5.73 Å². The van der Waals surface area contributed by atoms with Crippen LogP contribution in [0.1, 0.15) is 37.2 Å². The van der Waals surface area contributed by atoms with Crippen molar-refractivity contribution in [1.82, 2.24) is 19.9 Å². The number of carbonyl (C=O) groups excluding carboxylic acids is 1. The monoisotopic (exact) mass is 287 g/mol. The third-order valence-electron chi connectivity index (χ3n) is 3.58. The van der Waals surface area contributed by atoms with Gasteiger partial charge in [-0.2, -0.15) is 0 Å². The summed E-state index contributed by atoms with van der Waals surface area (Å²) in [4.78, 5) is 14.0. The molecule has 0 saturated carbocycles. The molecule has 112 valence electrons. The smallest absolute Gasteiger partial charge is 0.244 e. The molecular formula is C15H21N5O. The molecule has 0 spiro atoms. The normalized spacial score (nSPS) is 13.7. The Kier molecular flexibility index (Phi) is 4.70. The zero-order chi connectivity index (χ0) is 15.4. The van der Waals surface area contributed by atoms with Crippen molar-refractivity contribution >= 4 is 5.91 Å². The molecule has 0 aliphatic rings. The van der Waals surface area contributed by atoms with E-state index in [2.05, 4.69) is 10.3 Å². The Morgan fingerprint density at radius 3 is 2.57 bits per heavy atom. The Hall–Kier alpha value is -2.21. The van der Waals surface area contributed by atoms with Crippen LogP contribution in [0.4, 0.5) is 0 Å². The van der Waals surface area contributed by atoms with Crippen molar-refractivity contribution < 1.29 is 4.79 Å². The maximum absolute atomic E-state index is 12.3. The summed E-state index contributed by atoms with van der Waals surface area (Å²) < 4.78 is 1.52. The van der Waals surface area contributed by atoms with Crippen LogP contribution in [-0.2, 0) is 11.3 Å². The fourth-order valence-electron chi connectivity index (χ4n) is 2.02. The van der Waals surface area contributed by atoms with Crippen molar-refractivity contribution in [3.05, 3.63) is 47.8 Å². The summed E-state index contributed by atoms with van der Waals surface area (Å²) in [5.41, 5.74) is 7.51. The van der Waals surface area contributed by atoms with Gasteiger partial charge in [-0.05, 0) is 19.4 Å². The highest BCUT2D eigenvalue weighted by molar-refractivity contribution is 5.76. The average Bonchev–Trinajstić information content (AvgIpc) is 2.95. The van der Waals surface area contributed by atoms with Crippen molar-refractivity contribution in [2.75, 3.05) is 7.05 Å². The minimum absolute atomic E-state index is 0.00937. The number of nitrogens with two attached hydrogens (primary N) is 1. The number of hydrogen-bond acceptors (Lipinski definition) is 4. The third kappa shape index (κ3) is 3.66. The van der Waals surface area contributed by atoms with Gasteiger partial charge in [0.1, 0.15) is 6.54 Å². The van der Waals surface area contributed by atoms with Crippen molar-refractivity contribution in [3.63, 3.8) is 0 Å². The lowest BCUT2D eigenvalue weighted by molar-refractivity contribution is -0.132. The summed E-state index contributed by atoms with van der Waals surface area (Å²) in [6, 6.07) is 9.75. The Balaban J connectivity index is 2.02. The minimum Gasteiger partial charge on any atom is -0.337 e. The van der Waals surface area contributed by atoms with Gasteiger partial charge in [0, 0.05) is 13.1 Å². The van der Waals surface area contributed by atoms with Crippen LogP contribution < -0.4 is 5.73 Å².